The van der Waals surface area contributed by atoms with E-state index in [1.165, 1.54) is 24.5 Å². The molecule has 1 heterocycles. The molecule has 0 atom stereocenters. The molecular weight excluding hydrogens is 472 g/mol. The Bertz CT molecular complexity index is 1320. The summed E-state index contributed by atoms with van der Waals surface area (Å²) in [6.07, 6.45) is 3.16. The number of ether oxygens (including phenoxy) is 3. The summed E-state index contributed by atoms with van der Waals surface area (Å²) >= 11 is 7.80. The summed E-state index contributed by atoms with van der Waals surface area (Å²) in [6, 6.07) is 18.6. The second-order valence-electron chi connectivity index (χ2n) is 7.11. The van der Waals surface area contributed by atoms with Gasteiger partial charge in [0.15, 0.2) is 16.6 Å². The van der Waals surface area contributed by atoms with E-state index in [0.717, 1.165) is 10.2 Å². The van der Waals surface area contributed by atoms with E-state index >= 15 is 0 Å². The number of amides is 1. The first-order valence-electron chi connectivity index (χ1n) is 10.6. The second-order valence-corrected chi connectivity index (χ2v) is 8.53. The fraction of sp³-hybridized carbons (Fsp3) is 0.154. The number of para-hydroxylation sites is 3. The minimum Gasteiger partial charge on any atom is -0.495 e. The maximum absolute atomic E-state index is 13.5. The van der Waals surface area contributed by atoms with E-state index < -0.39 is 0 Å². The van der Waals surface area contributed by atoms with Crippen molar-refractivity contribution in [1.29, 1.82) is 0 Å². The summed E-state index contributed by atoms with van der Waals surface area (Å²) < 4.78 is 17.5. The number of benzene rings is 3. The fourth-order valence-electron chi connectivity index (χ4n) is 3.47. The van der Waals surface area contributed by atoms with Crippen LogP contribution in [0, 0.1) is 0 Å². The van der Waals surface area contributed by atoms with Gasteiger partial charge in [0.05, 0.1) is 41.8 Å². The third-order valence-electron chi connectivity index (χ3n) is 4.97. The molecule has 1 amide bonds. The van der Waals surface area contributed by atoms with Crippen LogP contribution >= 0.6 is 22.9 Å². The van der Waals surface area contributed by atoms with Crippen molar-refractivity contribution in [2.24, 2.45) is 0 Å². The Kier molecular flexibility index (Phi) is 7.35. The molecule has 0 radical (unpaired) electrons. The van der Waals surface area contributed by atoms with Gasteiger partial charge in [-0.3, -0.25) is 4.79 Å². The van der Waals surface area contributed by atoms with Gasteiger partial charge >= 0.3 is 0 Å². The van der Waals surface area contributed by atoms with Gasteiger partial charge in [-0.2, -0.15) is 0 Å². The van der Waals surface area contributed by atoms with Gasteiger partial charge in [-0.1, -0.05) is 47.2 Å². The molecule has 174 valence electrons. The molecule has 0 N–H and O–H groups in total. The average molecular weight is 495 g/mol. The van der Waals surface area contributed by atoms with Gasteiger partial charge < -0.3 is 14.2 Å². The number of halogens is 1. The Hall–Kier alpha value is -3.55. The molecule has 0 saturated heterocycles. The van der Waals surface area contributed by atoms with E-state index in [-0.39, 0.29) is 5.91 Å². The predicted octanol–water partition coefficient (Wildman–Crippen LogP) is 6.74. The molecule has 0 fully saturated rings. The van der Waals surface area contributed by atoms with E-state index in [2.05, 4.69) is 0 Å². The number of methoxy groups -OCH3 is 2. The van der Waals surface area contributed by atoms with Crippen LogP contribution in [0.15, 0.2) is 66.7 Å². The molecule has 0 saturated carbocycles. The topological polar surface area (TPSA) is 60.9 Å². The third-order valence-corrected chi connectivity index (χ3v) is 6.28. The van der Waals surface area contributed by atoms with Gasteiger partial charge in [-0.25, -0.2) is 9.88 Å². The van der Waals surface area contributed by atoms with Gasteiger partial charge in [0.1, 0.15) is 5.75 Å². The number of fused-ring (bicyclic) bond motifs is 1. The highest BCUT2D eigenvalue weighted by Crippen LogP contribution is 2.39. The highest BCUT2D eigenvalue weighted by atomic mass is 35.5. The normalized spacial score (nSPS) is 11.1. The van der Waals surface area contributed by atoms with Crippen LogP contribution in [0.3, 0.4) is 0 Å². The quantitative estimate of drug-likeness (QED) is 0.254. The zero-order chi connectivity index (χ0) is 24.1. The Labute approximate surface area is 207 Å². The molecule has 4 rings (SSSR count). The van der Waals surface area contributed by atoms with Crippen molar-refractivity contribution >= 4 is 56.0 Å². The summed E-state index contributed by atoms with van der Waals surface area (Å²) in [5.74, 6) is 1.25. The molecule has 0 aliphatic carbocycles. The van der Waals surface area contributed by atoms with Crippen LogP contribution in [0.4, 0.5) is 10.8 Å². The van der Waals surface area contributed by atoms with Crippen LogP contribution < -0.4 is 19.1 Å². The second kappa shape index (κ2) is 10.6. The smallest absolute Gasteiger partial charge is 0.257 e. The van der Waals surface area contributed by atoms with E-state index in [1.807, 2.05) is 55.5 Å². The Morgan fingerprint density at radius 2 is 1.82 bits per heavy atom. The van der Waals surface area contributed by atoms with Crippen molar-refractivity contribution in [2.45, 2.75) is 6.92 Å². The molecular formula is C26H23ClN2O4S. The number of aromatic nitrogens is 1. The number of hydrogen-bond acceptors (Lipinski definition) is 6. The summed E-state index contributed by atoms with van der Waals surface area (Å²) in [4.78, 5) is 19.8. The molecule has 0 spiro atoms. The SMILES string of the molecule is CCOc1cc(C=CC(=O)N(c2nc3ccccc3s2)c2ccccc2OC)cc(Cl)c1OC. The van der Waals surface area contributed by atoms with Gasteiger partial charge in [0, 0.05) is 6.08 Å². The first kappa shape index (κ1) is 23.6. The summed E-state index contributed by atoms with van der Waals surface area (Å²) in [5.41, 5.74) is 2.12. The maximum Gasteiger partial charge on any atom is 0.257 e. The average Bonchev–Trinajstić information content (AvgIpc) is 3.27. The van der Waals surface area contributed by atoms with Gasteiger partial charge in [-0.15, -0.1) is 0 Å². The van der Waals surface area contributed by atoms with Crippen LogP contribution in [0.1, 0.15) is 12.5 Å². The minimum atomic E-state index is -0.284. The van der Waals surface area contributed by atoms with Gasteiger partial charge in [0.2, 0.25) is 0 Å². The number of carbonyl (C=O) groups excluding carboxylic acids is 1. The minimum absolute atomic E-state index is 0.284. The molecule has 8 heteroatoms. The number of carbonyl (C=O) groups is 1. The molecule has 4 aromatic rings. The first-order valence-corrected chi connectivity index (χ1v) is 11.8. The van der Waals surface area contributed by atoms with E-state index in [4.69, 9.17) is 30.8 Å². The van der Waals surface area contributed by atoms with Crippen LogP contribution in [-0.2, 0) is 4.79 Å². The zero-order valence-electron chi connectivity index (χ0n) is 18.9. The Morgan fingerprint density at radius 3 is 2.56 bits per heavy atom. The van der Waals surface area contributed by atoms with Crippen LogP contribution in [-0.4, -0.2) is 31.7 Å². The lowest BCUT2D eigenvalue weighted by Gasteiger charge is -2.20. The summed E-state index contributed by atoms with van der Waals surface area (Å²) in [5, 5.41) is 0.941. The van der Waals surface area contributed by atoms with Crippen molar-refractivity contribution in [3.8, 4) is 17.2 Å². The first-order chi connectivity index (χ1) is 16.5. The molecule has 6 nitrogen and oxygen atoms in total. The van der Waals surface area contributed by atoms with Gasteiger partial charge in [-0.05, 0) is 55.0 Å². The Balaban J connectivity index is 1.75. The van der Waals surface area contributed by atoms with Gasteiger partial charge in [0.25, 0.3) is 5.91 Å². The summed E-state index contributed by atoms with van der Waals surface area (Å²) in [6.45, 7) is 2.33. The van der Waals surface area contributed by atoms with Crippen molar-refractivity contribution in [3.05, 3.63) is 77.3 Å². The van der Waals surface area contributed by atoms with Crippen molar-refractivity contribution in [2.75, 3.05) is 25.7 Å². The highest BCUT2D eigenvalue weighted by Gasteiger charge is 2.23. The molecule has 1 aromatic heterocycles. The zero-order valence-corrected chi connectivity index (χ0v) is 20.5. The lowest BCUT2D eigenvalue weighted by molar-refractivity contribution is -0.113. The molecule has 34 heavy (non-hydrogen) atoms. The largest absolute Gasteiger partial charge is 0.495 e. The molecule has 0 bridgehead atoms. The van der Waals surface area contributed by atoms with E-state index in [0.29, 0.717) is 45.3 Å². The molecule has 3 aromatic carbocycles. The standard InChI is InChI=1S/C26H23ClN2O4S/c1-4-33-22-16-17(15-18(27)25(22)32-3)13-14-24(30)29(20-10-6-7-11-21(20)31-2)26-28-19-9-5-8-12-23(19)34-26/h5-16H,4H2,1-3H3. The van der Waals surface area contributed by atoms with Crippen molar-refractivity contribution in [3.63, 3.8) is 0 Å². The lowest BCUT2D eigenvalue weighted by Crippen LogP contribution is -2.24. The number of hydrogen-bond donors (Lipinski definition) is 0. The van der Waals surface area contributed by atoms with Crippen LogP contribution in [0.25, 0.3) is 16.3 Å². The predicted molar refractivity (Wildman–Crippen MR) is 138 cm³/mol. The maximum atomic E-state index is 13.5. The van der Waals surface area contributed by atoms with E-state index in [9.17, 15) is 4.79 Å². The Morgan fingerprint density at radius 1 is 1.06 bits per heavy atom. The third kappa shape index (κ3) is 4.85. The number of rotatable bonds is 8. The summed E-state index contributed by atoms with van der Waals surface area (Å²) in [7, 11) is 3.11. The van der Waals surface area contributed by atoms with Crippen LogP contribution in [0.2, 0.25) is 5.02 Å². The van der Waals surface area contributed by atoms with Crippen molar-refractivity contribution < 1.29 is 19.0 Å². The fourth-order valence-corrected chi connectivity index (χ4v) is 4.75. The lowest BCUT2D eigenvalue weighted by atomic mass is 10.1. The number of thiazole rings is 1. The monoisotopic (exact) mass is 494 g/mol. The van der Waals surface area contributed by atoms with Crippen LogP contribution in [0.5, 0.6) is 17.2 Å². The van der Waals surface area contributed by atoms with Crippen molar-refractivity contribution in [1.82, 2.24) is 4.98 Å². The number of anilines is 2. The highest BCUT2D eigenvalue weighted by molar-refractivity contribution is 7.22. The van der Waals surface area contributed by atoms with E-state index in [1.54, 1.807) is 30.2 Å². The molecule has 0 aliphatic heterocycles. The molecule has 0 aliphatic rings. The molecule has 0 unspecified atom stereocenters. The number of nitrogens with zero attached hydrogens (tertiary/aromatic N) is 2.